The highest BCUT2D eigenvalue weighted by Crippen LogP contribution is 2.34. The van der Waals surface area contributed by atoms with Crippen molar-refractivity contribution in [2.24, 2.45) is 0 Å². The van der Waals surface area contributed by atoms with Crippen LogP contribution in [0.25, 0.3) is 22.6 Å². The molecule has 0 amide bonds. The average Bonchev–Trinajstić information content (AvgIpc) is 3.25. The minimum absolute atomic E-state index is 0.458. The lowest BCUT2D eigenvalue weighted by molar-refractivity contribution is -0.885. The van der Waals surface area contributed by atoms with Crippen molar-refractivity contribution in [1.82, 2.24) is 10.2 Å². The van der Waals surface area contributed by atoms with Crippen LogP contribution in [-0.2, 0) is 11.3 Å². The van der Waals surface area contributed by atoms with E-state index in [2.05, 4.69) is 31.3 Å². The Morgan fingerprint density at radius 1 is 0.848 bits per heavy atom. The van der Waals surface area contributed by atoms with Crippen molar-refractivity contribution < 1.29 is 34.1 Å². The monoisotopic (exact) mass is 456 g/mol. The lowest BCUT2D eigenvalue weighted by Gasteiger charge is -2.40. The van der Waals surface area contributed by atoms with Crippen molar-refractivity contribution >= 4 is 0 Å². The summed E-state index contributed by atoms with van der Waals surface area (Å²) >= 11 is 0. The number of ether oxygens (including phenoxy) is 1. The van der Waals surface area contributed by atoms with Crippen LogP contribution in [0.4, 0.5) is 0 Å². The van der Waals surface area contributed by atoms with Crippen molar-refractivity contribution in [1.29, 1.82) is 0 Å². The zero-order valence-corrected chi connectivity index (χ0v) is 18.9. The number of hydrogen-bond donors (Lipinski definition) is 4. The van der Waals surface area contributed by atoms with Gasteiger partial charge in [0.1, 0.15) is 30.5 Å². The molecule has 1 aromatic heterocycles. The van der Waals surface area contributed by atoms with Crippen LogP contribution < -0.4 is 0 Å². The van der Waals surface area contributed by atoms with Crippen LogP contribution in [0.15, 0.2) is 52.9 Å². The number of benzene rings is 2. The van der Waals surface area contributed by atoms with Crippen LogP contribution in [0, 0.1) is 0 Å². The number of rotatable bonds is 6. The Balaban J connectivity index is 1.54. The van der Waals surface area contributed by atoms with Crippen LogP contribution in [-0.4, -0.2) is 87.3 Å². The van der Waals surface area contributed by atoms with Crippen molar-refractivity contribution in [2.75, 3.05) is 27.7 Å². The van der Waals surface area contributed by atoms with Crippen molar-refractivity contribution in [3.8, 4) is 22.6 Å². The molecule has 0 radical (unpaired) electrons. The van der Waals surface area contributed by atoms with E-state index in [4.69, 9.17) is 9.15 Å². The number of quaternary nitrogens is 1. The van der Waals surface area contributed by atoms with Gasteiger partial charge >= 0.3 is 0 Å². The molecule has 33 heavy (non-hydrogen) atoms. The average molecular weight is 457 g/mol. The summed E-state index contributed by atoms with van der Waals surface area (Å²) in [5.74, 6) is 1.04. The molecular formula is C24H30N3O6+. The summed E-state index contributed by atoms with van der Waals surface area (Å²) in [5.41, 5.74) is 3.25. The minimum atomic E-state index is -1.42. The summed E-state index contributed by atoms with van der Waals surface area (Å²) in [7, 11) is 6.16. The highest BCUT2D eigenvalue weighted by molar-refractivity contribution is 5.68. The second-order valence-electron chi connectivity index (χ2n) is 9.40. The van der Waals surface area contributed by atoms with Crippen molar-refractivity contribution in [3.63, 3.8) is 0 Å². The molecule has 4 N–H and O–H groups in total. The van der Waals surface area contributed by atoms with Crippen molar-refractivity contribution in [3.05, 3.63) is 60.0 Å². The quantitative estimate of drug-likeness (QED) is 0.406. The Morgan fingerprint density at radius 2 is 1.55 bits per heavy atom. The molecule has 0 spiro atoms. The van der Waals surface area contributed by atoms with Crippen LogP contribution in [0.3, 0.4) is 0 Å². The summed E-state index contributed by atoms with van der Waals surface area (Å²) in [5, 5.41) is 48.3. The zero-order chi connectivity index (χ0) is 23.8. The van der Waals surface area contributed by atoms with E-state index in [1.165, 1.54) is 0 Å². The number of aliphatic hydroxyl groups excluding tert-OH is 4. The Hall–Kier alpha value is -2.66. The highest BCUT2D eigenvalue weighted by Gasteiger charge is 2.43. The second-order valence-corrected chi connectivity index (χ2v) is 9.40. The first kappa shape index (κ1) is 23.5. The topological polar surface area (TPSA) is 129 Å². The molecule has 1 fully saturated rings. The number of aromatic nitrogens is 2. The van der Waals surface area contributed by atoms with E-state index in [1.54, 1.807) is 6.07 Å². The van der Waals surface area contributed by atoms with Gasteiger partial charge in [-0.25, -0.2) is 0 Å². The van der Waals surface area contributed by atoms with Gasteiger partial charge in [0, 0.05) is 5.56 Å². The molecule has 3 aromatic rings. The first-order chi connectivity index (χ1) is 15.7. The lowest BCUT2D eigenvalue weighted by Crippen LogP contribution is -2.55. The summed E-state index contributed by atoms with van der Waals surface area (Å²) in [4.78, 5) is 0. The molecule has 2 aromatic carbocycles. The first-order valence-electron chi connectivity index (χ1n) is 10.8. The van der Waals surface area contributed by atoms with E-state index in [0.29, 0.717) is 28.4 Å². The maximum Gasteiger partial charge on any atom is 0.271 e. The molecule has 5 atom stereocenters. The Morgan fingerprint density at radius 3 is 2.21 bits per heavy atom. The van der Waals surface area contributed by atoms with E-state index in [-0.39, 0.29) is 0 Å². The lowest BCUT2D eigenvalue weighted by atomic mass is 9.90. The van der Waals surface area contributed by atoms with Gasteiger partial charge < -0.3 is 34.1 Å². The summed E-state index contributed by atoms with van der Waals surface area (Å²) in [6.45, 7) is 0.171. The fourth-order valence-electron chi connectivity index (χ4n) is 3.92. The number of aliphatic hydroxyl groups is 4. The van der Waals surface area contributed by atoms with E-state index in [1.807, 2.05) is 42.5 Å². The SMILES string of the molecule is C[N+](C)(C)Cc1nnc(-c2ccc(-c3cccc([C@H]4O[C@H](CO)[C@@H](O)[C@H](O)[C@@H]4O)c3)cc2)o1. The predicted octanol–water partition coefficient (Wildman–Crippen LogP) is 1.12. The zero-order valence-electron chi connectivity index (χ0n) is 18.9. The molecule has 9 heteroatoms. The van der Waals surface area contributed by atoms with E-state index in [0.717, 1.165) is 16.7 Å². The normalized spacial score (nSPS) is 25.8. The van der Waals surface area contributed by atoms with Gasteiger partial charge in [0.15, 0.2) is 6.54 Å². The minimum Gasteiger partial charge on any atom is -0.415 e. The summed E-state index contributed by atoms with van der Waals surface area (Å²) in [6.07, 6.45) is -5.95. The molecule has 1 aliphatic rings. The van der Waals surface area contributed by atoms with Gasteiger partial charge in [-0.1, -0.05) is 30.3 Å². The maximum absolute atomic E-state index is 10.4. The molecule has 0 saturated carbocycles. The molecule has 1 saturated heterocycles. The fraction of sp³-hybridized carbons (Fsp3) is 0.417. The Bertz CT molecular complexity index is 1080. The van der Waals surface area contributed by atoms with Crippen LogP contribution in [0.5, 0.6) is 0 Å². The number of nitrogens with zero attached hydrogens (tertiary/aromatic N) is 3. The third-order valence-electron chi connectivity index (χ3n) is 5.65. The third kappa shape index (κ3) is 5.14. The molecule has 0 aliphatic carbocycles. The molecule has 9 nitrogen and oxygen atoms in total. The molecule has 1 aliphatic heterocycles. The van der Waals surface area contributed by atoms with Gasteiger partial charge in [-0.3, -0.25) is 0 Å². The van der Waals surface area contributed by atoms with Crippen molar-refractivity contribution in [2.45, 2.75) is 37.1 Å². The molecule has 2 heterocycles. The Labute approximate surface area is 192 Å². The number of hydrogen-bond acceptors (Lipinski definition) is 8. The first-order valence-corrected chi connectivity index (χ1v) is 10.8. The summed E-state index contributed by atoms with van der Waals surface area (Å²) in [6, 6.07) is 15.1. The van der Waals surface area contributed by atoms with Gasteiger partial charge in [-0.2, -0.15) is 0 Å². The largest absolute Gasteiger partial charge is 0.415 e. The molecule has 0 unspecified atom stereocenters. The van der Waals surface area contributed by atoms with Gasteiger partial charge in [0.2, 0.25) is 5.89 Å². The second kappa shape index (κ2) is 9.30. The van der Waals surface area contributed by atoms with E-state index < -0.39 is 37.1 Å². The van der Waals surface area contributed by atoms with Gasteiger partial charge in [-0.15, -0.1) is 10.2 Å². The van der Waals surface area contributed by atoms with Crippen LogP contribution in [0.1, 0.15) is 17.6 Å². The highest BCUT2D eigenvalue weighted by atomic mass is 16.5. The smallest absolute Gasteiger partial charge is 0.271 e. The van der Waals surface area contributed by atoms with Crippen LogP contribution >= 0.6 is 0 Å². The van der Waals surface area contributed by atoms with E-state index in [9.17, 15) is 20.4 Å². The van der Waals surface area contributed by atoms with E-state index >= 15 is 0 Å². The third-order valence-corrected chi connectivity index (χ3v) is 5.65. The molecule has 0 bridgehead atoms. The van der Waals surface area contributed by atoms with Gasteiger partial charge in [-0.05, 0) is 34.9 Å². The van der Waals surface area contributed by atoms with Gasteiger partial charge in [0.25, 0.3) is 5.89 Å². The molecule has 4 rings (SSSR count). The Kier molecular flexibility index (Phi) is 6.62. The van der Waals surface area contributed by atoms with Crippen LogP contribution in [0.2, 0.25) is 0 Å². The van der Waals surface area contributed by atoms with Gasteiger partial charge in [0.05, 0.1) is 27.7 Å². The predicted molar refractivity (Wildman–Crippen MR) is 120 cm³/mol. The summed E-state index contributed by atoms with van der Waals surface area (Å²) < 4.78 is 12.2. The standard InChI is InChI=1S/C24H30N3O6/c1-27(2,3)12-19-25-26-24(33-19)15-9-7-14(8-10-15)16-5-4-6-17(11-16)23-22(31)21(30)20(29)18(13-28)32-23/h4-11,18,20-23,28-31H,12-13H2,1-3H3/q+1/t18-,20-,21+,22+,23-/m1/s1. The fourth-order valence-corrected chi connectivity index (χ4v) is 3.92. The maximum atomic E-state index is 10.4. The molecular weight excluding hydrogens is 426 g/mol. The molecule has 176 valence electrons.